The first-order valence-electron chi connectivity index (χ1n) is 4.14. The molecule has 14 heavy (non-hydrogen) atoms. The van der Waals surface area contributed by atoms with Crippen LogP contribution in [0.3, 0.4) is 0 Å². The molecule has 1 unspecified atom stereocenters. The van der Waals surface area contributed by atoms with Gasteiger partial charge in [-0.25, -0.2) is 4.39 Å². The van der Waals surface area contributed by atoms with E-state index in [1.165, 1.54) is 12.1 Å². The van der Waals surface area contributed by atoms with Crippen molar-refractivity contribution in [3.05, 3.63) is 35.6 Å². The summed E-state index contributed by atoms with van der Waals surface area (Å²) in [5, 5.41) is -0.0735. The fraction of sp³-hybridized carbons (Fsp3) is 0.400. The average molecular weight is 238 g/mol. The van der Waals surface area contributed by atoms with Crippen molar-refractivity contribution in [2.45, 2.75) is 5.38 Å². The normalized spacial score (nSPS) is 12.4. The van der Waals surface area contributed by atoms with Gasteiger partial charge in [0.05, 0.1) is 5.38 Å². The van der Waals surface area contributed by atoms with Crippen LogP contribution in [-0.4, -0.2) is 25.5 Å². The zero-order valence-electron chi connectivity index (χ0n) is 8.21. The van der Waals surface area contributed by atoms with Crippen LogP contribution in [0.5, 0.6) is 0 Å². The first-order chi connectivity index (χ1) is 6.09. The topological polar surface area (TPSA) is 3.24 Å². The average Bonchev–Trinajstić information content (AvgIpc) is 2.04. The van der Waals surface area contributed by atoms with Crippen LogP contribution in [0.4, 0.5) is 4.39 Å². The van der Waals surface area contributed by atoms with Gasteiger partial charge in [-0.2, -0.15) is 0 Å². The lowest BCUT2D eigenvalue weighted by Crippen LogP contribution is -2.17. The van der Waals surface area contributed by atoms with Crippen molar-refractivity contribution in [3.63, 3.8) is 0 Å². The molecule has 0 fully saturated rings. The van der Waals surface area contributed by atoms with Gasteiger partial charge in [-0.15, -0.1) is 24.0 Å². The largest absolute Gasteiger partial charge is 0.308 e. The number of nitrogens with zero attached hydrogens (tertiary/aromatic N) is 1. The Hall–Kier alpha value is -0.310. The van der Waals surface area contributed by atoms with E-state index in [2.05, 4.69) is 0 Å². The summed E-state index contributed by atoms with van der Waals surface area (Å²) >= 11 is 6.09. The third-order valence-electron chi connectivity index (χ3n) is 1.76. The highest BCUT2D eigenvalue weighted by molar-refractivity contribution is 6.21. The predicted octanol–water partition coefficient (Wildman–Crippen LogP) is 3.09. The fourth-order valence-electron chi connectivity index (χ4n) is 1.10. The molecule has 0 saturated heterocycles. The number of hydrogen-bond donors (Lipinski definition) is 0. The smallest absolute Gasteiger partial charge is 0.123 e. The molecule has 0 aromatic heterocycles. The molecule has 0 saturated carbocycles. The molecule has 1 rings (SSSR count). The van der Waals surface area contributed by atoms with Gasteiger partial charge in [-0.1, -0.05) is 12.1 Å². The van der Waals surface area contributed by atoms with Gasteiger partial charge in [0.1, 0.15) is 5.82 Å². The molecule has 4 heteroatoms. The van der Waals surface area contributed by atoms with Gasteiger partial charge < -0.3 is 4.90 Å². The highest BCUT2D eigenvalue weighted by Gasteiger charge is 2.08. The SMILES string of the molecule is CN(C)CC(Cl)c1ccc(F)cc1.Cl. The molecular weight excluding hydrogens is 224 g/mol. The molecule has 0 heterocycles. The Morgan fingerprint density at radius 2 is 1.79 bits per heavy atom. The van der Waals surface area contributed by atoms with Gasteiger partial charge in [0, 0.05) is 6.54 Å². The van der Waals surface area contributed by atoms with Crippen LogP contribution in [0.25, 0.3) is 0 Å². The first kappa shape index (κ1) is 13.7. The van der Waals surface area contributed by atoms with Gasteiger partial charge in [-0.3, -0.25) is 0 Å². The quantitative estimate of drug-likeness (QED) is 0.731. The minimum Gasteiger partial charge on any atom is -0.308 e. The Labute approximate surface area is 95.3 Å². The zero-order chi connectivity index (χ0) is 9.84. The van der Waals surface area contributed by atoms with Crippen molar-refractivity contribution in [3.8, 4) is 0 Å². The van der Waals surface area contributed by atoms with E-state index in [1.807, 2.05) is 19.0 Å². The monoisotopic (exact) mass is 237 g/mol. The number of rotatable bonds is 3. The summed E-state index contributed by atoms with van der Waals surface area (Å²) in [4.78, 5) is 2.00. The molecule has 0 spiro atoms. The molecule has 0 aliphatic rings. The summed E-state index contributed by atoms with van der Waals surface area (Å²) < 4.78 is 12.6. The molecule has 1 aromatic carbocycles. The standard InChI is InChI=1S/C10H13ClFN.ClH/c1-13(2)7-10(11)8-3-5-9(12)6-4-8;/h3-6,10H,7H2,1-2H3;1H. The summed E-state index contributed by atoms with van der Waals surface area (Å²) in [7, 11) is 3.91. The van der Waals surface area contributed by atoms with Crippen LogP contribution in [0.2, 0.25) is 0 Å². The maximum atomic E-state index is 12.6. The van der Waals surface area contributed by atoms with Crippen molar-refractivity contribution >= 4 is 24.0 Å². The van der Waals surface area contributed by atoms with Gasteiger partial charge in [-0.05, 0) is 31.8 Å². The summed E-state index contributed by atoms with van der Waals surface area (Å²) in [6.45, 7) is 0.757. The van der Waals surface area contributed by atoms with Crippen LogP contribution in [0.1, 0.15) is 10.9 Å². The molecule has 0 radical (unpaired) electrons. The molecule has 1 atom stereocenters. The van der Waals surface area contributed by atoms with Crippen LogP contribution in [0, 0.1) is 5.82 Å². The van der Waals surface area contributed by atoms with Crippen LogP contribution in [0.15, 0.2) is 24.3 Å². The van der Waals surface area contributed by atoms with Gasteiger partial charge in [0.2, 0.25) is 0 Å². The third-order valence-corrected chi connectivity index (χ3v) is 2.15. The number of alkyl halides is 1. The molecule has 0 N–H and O–H groups in total. The van der Waals surface area contributed by atoms with Crippen molar-refractivity contribution in [2.24, 2.45) is 0 Å². The van der Waals surface area contributed by atoms with E-state index in [9.17, 15) is 4.39 Å². The number of halogens is 3. The maximum absolute atomic E-state index is 12.6. The van der Waals surface area contributed by atoms with E-state index in [1.54, 1.807) is 12.1 Å². The van der Waals surface area contributed by atoms with Gasteiger partial charge in [0.15, 0.2) is 0 Å². The molecule has 0 amide bonds. The van der Waals surface area contributed by atoms with E-state index >= 15 is 0 Å². The van der Waals surface area contributed by atoms with E-state index in [-0.39, 0.29) is 23.6 Å². The summed E-state index contributed by atoms with van der Waals surface area (Å²) in [5.74, 6) is -0.225. The second kappa shape index (κ2) is 6.23. The van der Waals surface area contributed by atoms with E-state index < -0.39 is 0 Å². The minimum atomic E-state index is -0.225. The lowest BCUT2D eigenvalue weighted by Gasteiger charge is -2.15. The fourth-order valence-corrected chi connectivity index (χ4v) is 1.52. The summed E-state index contributed by atoms with van der Waals surface area (Å²) in [6, 6.07) is 6.30. The molecule has 0 bridgehead atoms. The highest BCUT2D eigenvalue weighted by Crippen LogP contribution is 2.20. The lowest BCUT2D eigenvalue weighted by molar-refractivity contribution is 0.407. The van der Waals surface area contributed by atoms with Crippen molar-refractivity contribution in [2.75, 3.05) is 20.6 Å². The zero-order valence-corrected chi connectivity index (χ0v) is 9.78. The van der Waals surface area contributed by atoms with Crippen molar-refractivity contribution < 1.29 is 4.39 Å². The summed E-state index contributed by atoms with van der Waals surface area (Å²) in [5.41, 5.74) is 0.955. The third kappa shape index (κ3) is 4.27. The molecule has 1 aromatic rings. The Kier molecular flexibility index (Phi) is 6.09. The van der Waals surface area contributed by atoms with Crippen LogP contribution in [-0.2, 0) is 0 Å². The molecule has 80 valence electrons. The number of hydrogen-bond acceptors (Lipinski definition) is 1. The Morgan fingerprint density at radius 1 is 1.29 bits per heavy atom. The second-order valence-corrected chi connectivity index (χ2v) is 3.81. The Balaban J connectivity index is 0.00000169. The van der Waals surface area contributed by atoms with E-state index in [0.717, 1.165) is 12.1 Å². The maximum Gasteiger partial charge on any atom is 0.123 e. The van der Waals surface area contributed by atoms with Crippen molar-refractivity contribution in [1.82, 2.24) is 4.90 Å². The van der Waals surface area contributed by atoms with E-state index in [4.69, 9.17) is 11.6 Å². The first-order valence-corrected chi connectivity index (χ1v) is 4.57. The minimum absolute atomic E-state index is 0. The Bertz CT molecular complexity index is 261. The second-order valence-electron chi connectivity index (χ2n) is 3.28. The van der Waals surface area contributed by atoms with Crippen molar-refractivity contribution in [1.29, 1.82) is 0 Å². The predicted molar refractivity (Wildman–Crippen MR) is 60.8 cm³/mol. The Morgan fingerprint density at radius 3 is 2.21 bits per heavy atom. The lowest BCUT2D eigenvalue weighted by atomic mass is 10.1. The van der Waals surface area contributed by atoms with Crippen LogP contribution < -0.4 is 0 Å². The number of benzene rings is 1. The molecular formula is C10H14Cl2FN. The van der Waals surface area contributed by atoms with Gasteiger partial charge >= 0.3 is 0 Å². The number of likely N-dealkylation sites (N-methyl/N-ethyl adjacent to an activating group) is 1. The molecule has 0 aliphatic heterocycles. The molecule has 0 aliphatic carbocycles. The highest BCUT2D eigenvalue weighted by atomic mass is 35.5. The van der Waals surface area contributed by atoms with Crippen LogP contribution >= 0.6 is 24.0 Å². The van der Waals surface area contributed by atoms with Gasteiger partial charge in [0.25, 0.3) is 0 Å². The van der Waals surface area contributed by atoms with E-state index in [0.29, 0.717) is 0 Å². The molecule has 1 nitrogen and oxygen atoms in total. The summed E-state index contributed by atoms with van der Waals surface area (Å²) in [6.07, 6.45) is 0.